The van der Waals surface area contributed by atoms with Gasteiger partial charge in [-0.3, -0.25) is 0 Å². The molecule has 0 radical (unpaired) electrons. The summed E-state index contributed by atoms with van der Waals surface area (Å²) in [6.45, 7) is 5.53. The maximum absolute atomic E-state index is 4.90. The molecule has 2 aromatic carbocycles. The second-order valence-electron chi connectivity index (χ2n) is 6.75. The molecular weight excluding hydrogens is 282 g/mol. The Kier molecular flexibility index (Phi) is 3.19. The number of hydrogen-bond donors (Lipinski definition) is 0. The monoisotopic (exact) mass is 305 g/mol. The lowest BCUT2D eigenvalue weighted by Gasteiger charge is -2.29. The van der Waals surface area contributed by atoms with Crippen molar-refractivity contribution in [3.8, 4) is 11.4 Å². The third-order valence-corrected chi connectivity index (χ3v) is 5.18. The molecule has 0 N–H and O–H groups in total. The molecule has 0 unspecified atom stereocenters. The predicted molar refractivity (Wildman–Crippen MR) is 97.2 cm³/mol. The second-order valence-corrected chi connectivity index (χ2v) is 6.75. The van der Waals surface area contributed by atoms with E-state index in [2.05, 4.69) is 67.7 Å². The first-order valence-electron chi connectivity index (χ1n) is 8.33. The number of benzene rings is 2. The van der Waals surface area contributed by atoms with Gasteiger partial charge >= 0.3 is 0 Å². The van der Waals surface area contributed by atoms with Crippen molar-refractivity contribution in [2.45, 2.75) is 26.7 Å². The maximum Gasteiger partial charge on any atom is 0.141 e. The number of aromatic nitrogens is 2. The first-order chi connectivity index (χ1) is 11.1. The van der Waals surface area contributed by atoms with E-state index >= 15 is 0 Å². The van der Waals surface area contributed by atoms with Gasteiger partial charge in [-0.2, -0.15) is 0 Å². The maximum atomic E-state index is 4.90. The predicted octanol–water partition coefficient (Wildman–Crippen LogP) is 4.24. The summed E-state index contributed by atoms with van der Waals surface area (Å²) in [6, 6.07) is 11.0. The van der Waals surface area contributed by atoms with E-state index in [-0.39, 0.29) is 0 Å². The lowest BCUT2D eigenvalue weighted by Crippen LogP contribution is -2.25. The van der Waals surface area contributed by atoms with Crippen molar-refractivity contribution in [3.63, 3.8) is 0 Å². The summed E-state index contributed by atoms with van der Waals surface area (Å²) in [5.41, 5.74) is 9.05. The quantitative estimate of drug-likeness (QED) is 0.670. The van der Waals surface area contributed by atoms with Crippen LogP contribution in [0.2, 0.25) is 0 Å². The Morgan fingerprint density at radius 2 is 1.87 bits per heavy atom. The van der Waals surface area contributed by atoms with Crippen molar-refractivity contribution < 1.29 is 0 Å². The van der Waals surface area contributed by atoms with Crippen LogP contribution in [0.5, 0.6) is 0 Å². The molecule has 1 aromatic heterocycles. The largest absolute Gasteiger partial charge is 0.374 e. The van der Waals surface area contributed by atoms with Crippen molar-refractivity contribution in [1.29, 1.82) is 0 Å². The van der Waals surface area contributed by atoms with Gasteiger partial charge in [-0.1, -0.05) is 6.07 Å². The van der Waals surface area contributed by atoms with E-state index in [4.69, 9.17) is 4.98 Å². The Morgan fingerprint density at radius 3 is 2.70 bits per heavy atom. The highest BCUT2D eigenvalue weighted by atomic mass is 15.1. The number of aryl methyl sites for hydroxylation is 2. The van der Waals surface area contributed by atoms with Gasteiger partial charge in [-0.25, -0.2) is 4.98 Å². The molecular formula is C20H23N3. The molecule has 2 heterocycles. The zero-order chi connectivity index (χ0) is 16.1. The molecule has 0 spiro atoms. The fourth-order valence-electron chi connectivity index (χ4n) is 3.81. The Morgan fingerprint density at radius 1 is 1.04 bits per heavy atom. The normalized spacial score (nSPS) is 14.3. The Bertz CT molecular complexity index is 905. The number of fused-ring (bicyclic) bond motifs is 2. The summed E-state index contributed by atoms with van der Waals surface area (Å²) in [7, 11) is 4.31. The van der Waals surface area contributed by atoms with Gasteiger partial charge in [-0.05, 0) is 67.6 Å². The Hall–Kier alpha value is -2.29. The molecule has 0 saturated heterocycles. The van der Waals surface area contributed by atoms with Gasteiger partial charge in [0.15, 0.2) is 0 Å². The van der Waals surface area contributed by atoms with E-state index in [0.717, 1.165) is 17.9 Å². The SMILES string of the molecule is Cc1ccc2nc(-c3ccc4c(c3C)CCCN4C)n(C)c2c1. The molecule has 0 aliphatic carbocycles. The zero-order valence-electron chi connectivity index (χ0n) is 14.3. The molecule has 23 heavy (non-hydrogen) atoms. The van der Waals surface area contributed by atoms with Crippen LogP contribution in [-0.2, 0) is 13.5 Å². The van der Waals surface area contributed by atoms with E-state index in [0.29, 0.717) is 0 Å². The minimum absolute atomic E-state index is 1.07. The van der Waals surface area contributed by atoms with E-state index < -0.39 is 0 Å². The minimum Gasteiger partial charge on any atom is -0.374 e. The molecule has 3 aromatic rings. The number of rotatable bonds is 1. The highest BCUT2D eigenvalue weighted by molar-refractivity contribution is 5.82. The van der Waals surface area contributed by atoms with Crippen LogP contribution < -0.4 is 4.90 Å². The summed E-state index contributed by atoms with van der Waals surface area (Å²) in [6.07, 6.45) is 2.40. The van der Waals surface area contributed by atoms with Gasteiger partial charge in [0.05, 0.1) is 11.0 Å². The van der Waals surface area contributed by atoms with Gasteiger partial charge < -0.3 is 9.47 Å². The van der Waals surface area contributed by atoms with Crippen LogP contribution in [0, 0.1) is 13.8 Å². The van der Waals surface area contributed by atoms with Crippen LogP contribution in [0.15, 0.2) is 30.3 Å². The summed E-state index contributed by atoms with van der Waals surface area (Å²) in [4.78, 5) is 7.27. The smallest absolute Gasteiger partial charge is 0.141 e. The van der Waals surface area contributed by atoms with Crippen LogP contribution in [0.25, 0.3) is 22.4 Å². The van der Waals surface area contributed by atoms with Gasteiger partial charge in [0.25, 0.3) is 0 Å². The molecule has 4 rings (SSSR count). The molecule has 118 valence electrons. The summed E-state index contributed by atoms with van der Waals surface area (Å²) >= 11 is 0. The van der Waals surface area contributed by atoms with Gasteiger partial charge in [-0.15, -0.1) is 0 Å². The van der Waals surface area contributed by atoms with Crippen molar-refractivity contribution in [2.75, 3.05) is 18.5 Å². The van der Waals surface area contributed by atoms with Gasteiger partial charge in [0.1, 0.15) is 5.82 Å². The molecule has 3 nitrogen and oxygen atoms in total. The highest BCUT2D eigenvalue weighted by Gasteiger charge is 2.20. The molecule has 0 bridgehead atoms. The first kappa shape index (κ1) is 14.3. The van der Waals surface area contributed by atoms with E-state index in [1.165, 1.54) is 46.3 Å². The molecule has 0 atom stereocenters. The van der Waals surface area contributed by atoms with Crippen LogP contribution in [0.4, 0.5) is 5.69 Å². The molecule has 3 heteroatoms. The van der Waals surface area contributed by atoms with Crippen LogP contribution >= 0.6 is 0 Å². The lowest BCUT2D eigenvalue weighted by atomic mass is 9.93. The van der Waals surface area contributed by atoms with E-state index in [1.807, 2.05) is 0 Å². The molecule has 0 saturated carbocycles. The molecule has 0 fully saturated rings. The summed E-state index contributed by atoms with van der Waals surface area (Å²) < 4.78 is 2.23. The average molecular weight is 305 g/mol. The number of anilines is 1. The third kappa shape index (κ3) is 2.14. The van der Waals surface area contributed by atoms with E-state index in [9.17, 15) is 0 Å². The van der Waals surface area contributed by atoms with Gasteiger partial charge in [0.2, 0.25) is 0 Å². The molecule has 1 aliphatic heterocycles. The topological polar surface area (TPSA) is 21.1 Å². The number of nitrogens with zero attached hydrogens (tertiary/aromatic N) is 3. The van der Waals surface area contributed by atoms with Crippen molar-refractivity contribution in [2.24, 2.45) is 7.05 Å². The average Bonchev–Trinajstić information content (AvgIpc) is 2.85. The summed E-state index contributed by atoms with van der Waals surface area (Å²) in [5.74, 6) is 1.07. The lowest BCUT2D eigenvalue weighted by molar-refractivity contribution is 0.740. The van der Waals surface area contributed by atoms with Crippen LogP contribution in [0.1, 0.15) is 23.1 Å². The minimum atomic E-state index is 1.07. The van der Waals surface area contributed by atoms with Crippen molar-refractivity contribution in [1.82, 2.24) is 9.55 Å². The van der Waals surface area contributed by atoms with Crippen molar-refractivity contribution in [3.05, 3.63) is 47.0 Å². The second kappa shape index (κ2) is 5.12. The van der Waals surface area contributed by atoms with Crippen LogP contribution in [-0.4, -0.2) is 23.1 Å². The fraction of sp³-hybridized carbons (Fsp3) is 0.350. The third-order valence-electron chi connectivity index (χ3n) is 5.18. The highest BCUT2D eigenvalue weighted by Crippen LogP contribution is 2.35. The Balaban J connectivity index is 1.93. The molecule has 1 aliphatic rings. The molecule has 0 amide bonds. The number of hydrogen-bond acceptors (Lipinski definition) is 2. The van der Waals surface area contributed by atoms with Gasteiger partial charge in [0, 0.05) is 31.9 Å². The number of imidazole rings is 1. The van der Waals surface area contributed by atoms with Crippen molar-refractivity contribution >= 4 is 16.7 Å². The first-order valence-corrected chi connectivity index (χ1v) is 8.33. The standard InChI is InChI=1S/C20H23N3/c1-13-7-9-17-19(12-13)23(4)20(21-17)16-8-10-18-15(14(16)2)6-5-11-22(18)3/h7-10,12H,5-6,11H2,1-4H3. The van der Waals surface area contributed by atoms with E-state index in [1.54, 1.807) is 0 Å². The summed E-state index contributed by atoms with van der Waals surface area (Å²) in [5, 5.41) is 0. The Labute approximate surface area is 137 Å². The fourth-order valence-corrected chi connectivity index (χ4v) is 3.81. The zero-order valence-corrected chi connectivity index (χ0v) is 14.3. The van der Waals surface area contributed by atoms with Crippen LogP contribution in [0.3, 0.4) is 0 Å².